The summed E-state index contributed by atoms with van der Waals surface area (Å²) in [7, 11) is 0. The summed E-state index contributed by atoms with van der Waals surface area (Å²) in [5.41, 5.74) is 5.13. The molecule has 1 heterocycles. The molecule has 0 bridgehead atoms. The second-order valence-electron chi connectivity index (χ2n) is 8.40. The van der Waals surface area contributed by atoms with E-state index in [1.54, 1.807) is 0 Å². The maximum atomic E-state index is 13.1. The van der Waals surface area contributed by atoms with Gasteiger partial charge in [-0.05, 0) is 79.8 Å². The molecule has 0 atom stereocenters. The molecule has 0 aliphatic heterocycles. The van der Waals surface area contributed by atoms with E-state index in [1.165, 1.54) is 24.3 Å². The largest absolute Gasteiger partial charge is 0.365 e. The molecule has 0 unspecified atom stereocenters. The number of carbonyl (C=O) groups excluding carboxylic acids is 1. The van der Waals surface area contributed by atoms with E-state index in [-0.39, 0.29) is 11.0 Å². The van der Waals surface area contributed by atoms with E-state index in [1.807, 2.05) is 31.2 Å². The number of nitrogens with zero attached hydrogens (tertiary/aromatic N) is 2. The van der Waals surface area contributed by atoms with Crippen LogP contribution in [-0.4, -0.2) is 16.2 Å². The van der Waals surface area contributed by atoms with Gasteiger partial charge >= 0.3 is 5.97 Å². The van der Waals surface area contributed by atoms with Crippen LogP contribution in [0.15, 0.2) is 59.8 Å². The van der Waals surface area contributed by atoms with Crippen LogP contribution in [0, 0.1) is 18.2 Å². The smallest absolute Gasteiger partial charge is 0.318 e. The molecule has 0 radical (unpaired) electrons. The fraction of sp³-hybridized carbons (Fsp3) is 0.250. The number of fused-ring (bicyclic) bond motifs is 1. The number of halogens is 2. The van der Waals surface area contributed by atoms with Gasteiger partial charge in [0.15, 0.2) is 0 Å². The van der Waals surface area contributed by atoms with Gasteiger partial charge in [0, 0.05) is 27.7 Å². The third-order valence-electron chi connectivity index (χ3n) is 5.29. The maximum absolute atomic E-state index is 13.1. The molecule has 0 fully saturated rings. The van der Waals surface area contributed by atoms with E-state index in [4.69, 9.17) is 16.4 Å². The van der Waals surface area contributed by atoms with E-state index < -0.39 is 11.8 Å². The number of hydrogen-bond donors (Lipinski definition) is 0. The molecule has 6 heteroatoms. The summed E-state index contributed by atoms with van der Waals surface area (Å²) in [4.78, 5) is 17.6. The Hall–Kier alpha value is -2.92. The summed E-state index contributed by atoms with van der Waals surface area (Å²) in [6, 6.07) is 15.0. The van der Waals surface area contributed by atoms with E-state index in [2.05, 4.69) is 29.6 Å². The lowest BCUT2D eigenvalue weighted by atomic mass is 9.76. The molecular weight excluding hydrogens is 403 g/mol. The lowest BCUT2D eigenvalue weighted by molar-refractivity contribution is 0.0514. The molecular formula is C24H22ClFN2O2. The van der Waals surface area contributed by atoms with Crippen molar-refractivity contribution in [2.24, 2.45) is 10.6 Å². The van der Waals surface area contributed by atoms with Gasteiger partial charge in [-0.1, -0.05) is 30.6 Å². The standard InChI is InChI=1S/C24H22ClFN2O2/c1-15-12-20-21(27-30-23(29)16-4-8-18(26)9-5-16)13-24(2,3)14-22(20)28(15)19-10-6-17(25)7-11-19/h4-12H,13-14H2,1-3H3/b27-21+. The monoisotopic (exact) mass is 424 g/mol. The topological polar surface area (TPSA) is 43.6 Å². The normalized spacial score (nSPS) is 16.4. The molecule has 1 aromatic heterocycles. The van der Waals surface area contributed by atoms with Crippen molar-refractivity contribution >= 4 is 23.3 Å². The van der Waals surface area contributed by atoms with Gasteiger partial charge in [-0.3, -0.25) is 0 Å². The number of aryl methyl sites for hydroxylation is 1. The van der Waals surface area contributed by atoms with Crippen LogP contribution < -0.4 is 0 Å². The van der Waals surface area contributed by atoms with Gasteiger partial charge in [0.25, 0.3) is 0 Å². The fourth-order valence-electron chi connectivity index (χ4n) is 3.94. The molecule has 0 saturated heterocycles. The zero-order chi connectivity index (χ0) is 21.5. The predicted octanol–water partition coefficient (Wildman–Crippen LogP) is 6.11. The molecule has 4 nitrogen and oxygen atoms in total. The number of rotatable bonds is 3. The average Bonchev–Trinajstić information content (AvgIpc) is 3.02. The molecule has 154 valence electrons. The van der Waals surface area contributed by atoms with Crippen molar-refractivity contribution < 1.29 is 14.0 Å². The van der Waals surface area contributed by atoms with Gasteiger partial charge in [-0.25, -0.2) is 9.18 Å². The van der Waals surface area contributed by atoms with Gasteiger partial charge in [-0.15, -0.1) is 0 Å². The highest BCUT2D eigenvalue weighted by Crippen LogP contribution is 2.38. The van der Waals surface area contributed by atoms with Gasteiger partial charge in [0.1, 0.15) is 5.82 Å². The molecule has 1 aliphatic rings. The van der Waals surface area contributed by atoms with Crippen LogP contribution in [0.5, 0.6) is 0 Å². The first-order chi connectivity index (χ1) is 14.2. The Kier molecular flexibility index (Phi) is 5.24. The Morgan fingerprint density at radius 2 is 1.77 bits per heavy atom. The van der Waals surface area contributed by atoms with Gasteiger partial charge in [-0.2, -0.15) is 0 Å². The van der Waals surface area contributed by atoms with Crippen molar-refractivity contribution in [3.05, 3.63) is 88.0 Å². The quantitative estimate of drug-likeness (QED) is 0.376. The summed E-state index contributed by atoms with van der Waals surface area (Å²) in [6.45, 7) is 6.38. The van der Waals surface area contributed by atoms with Crippen molar-refractivity contribution in [1.29, 1.82) is 0 Å². The summed E-state index contributed by atoms with van der Waals surface area (Å²) >= 11 is 6.06. The Balaban J connectivity index is 1.70. The van der Waals surface area contributed by atoms with Gasteiger partial charge in [0.05, 0.1) is 11.3 Å². The van der Waals surface area contributed by atoms with Crippen LogP contribution in [0.3, 0.4) is 0 Å². The second kappa shape index (κ2) is 7.73. The van der Waals surface area contributed by atoms with E-state index in [0.717, 1.165) is 34.8 Å². The van der Waals surface area contributed by atoms with E-state index >= 15 is 0 Å². The van der Waals surface area contributed by atoms with E-state index in [9.17, 15) is 9.18 Å². The molecule has 30 heavy (non-hydrogen) atoms. The number of hydrogen-bond acceptors (Lipinski definition) is 3. The van der Waals surface area contributed by atoms with Crippen molar-refractivity contribution in [3.63, 3.8) is 0 Å². The first kappa shape index (κ1) is 20.4. The highest BCUT2D eigenvalue weighted by molar-refractivity contribution is 6.30. The van der Waals surface area contributed by atoms with Crippen LogP contribution in [0.25, 0.3) is 5.69 Å². The minimum absolute atomic E-state index is 0.0525. The highest BCUT2D eigenvalue weighted by atomic mass is 35.5. The molecule has 0 spiro atoms. The second-order valence-corrected chi connectivity index (χ2v) is 8.84. The highest BCUT2D eigenvalue weighted by Gasteiger charge is 2.33. The Labute approximate surface area is 179 Å². The third-order valence-corrected chi connectivity index (χ3v) is 5.55. The maximum Gasteiger partial charge on any atom is 0.365 e. The lowest BCUT2D eigenvalue weighted by Crippen LogP contribution is -2.28. The Morgan fingerprint density at radius 1 is 1.10 bits per heavy atom. The molecule has 3 aromatic rings. The summed E-state index contributed by atoms with van der Waals surface area (Å²) in [5.74, 6) is -1.02. The molecule has 2 aromatic carbocycles. The minimum atomic E-state index is -0.610. The van der Waals surface area contributed by atoms with Crippen molar-refractivity contribution in [2.75, 3.05) is 0 Å². The number of carbonyl (C=O) groups is 1. The predicted molar refractivity (Wildman–Crippen MR) is 116 cm³/mol. The van der Waals surface area contributed by atoms with Gasteiger partial charge in [0.2, 0.25) is 0 Å². The van der Waals surface area contributed by atoms with Crippen molar-refractivity contribution in [1.82, 2.24) is 4.57 Å². The zero-order valence-electron chi connectivity index (χ0n) is 17.1. The number of aromatic nitrogens is 1. The summed E-state index contributed by atoms with van der Waals surface area (Å²) in [5, 5.41) is 4.91. The zero-order valence-corrected chi connectivity index (χ0v) is 17.8. The first-order valence-corrected chi connectivity index (χ1v) is 10.1. The molecule has 4 rings (SSSR count). The molecule has 0 saturated carbocycles. The number of oxime groups is 1. The van der Waals surface area contributed by atoms with Crippen LogP contribution in [0.1, 0.15) is 47.6 Å². The van der Waals surface area contributed by atoms with Crippen LogP contribution in [0.2, 0.25) is 5.02 Å². The van der Waals surface area contributed by atoms with Crippen molar-refractivity contribution in [2.45, 2.75) is 33.6 Å². The Bertz CT molecular complexity index is 1130. The van der Waals surface area contributed by atoms with E-state index in [0.29, 0.717) is 11.4 Å². The molecule has 0 N–H and O–H groups in total. The summed E-state index contributed by atoms with van der Waals surface area (Å²) < 4.78 is 15.3. The van der Waals surface area contributed by atoms with Crippen molar-refractivity contribution in [3.8, 4) is 5.69 Å². The minimum Gasteiger partial charge on any atom is -0.318 e. The summed E-state index contributed by atoms with van der Waals surface area (Å²) in [6.07, 6.45) is 1.55. The third kappa shape index (κ3) is 4.03. The molecule has 0 amide bonds. The van der Waals surface area contributed by atoms with Gasteiger partial charge < -0.3 is 9.40 Å². The van der Waals surface area contributed by atoms with Crippen LogP contribution >= 0.6 is 11.6 Å². The van der Waals surface area contributed by atoms with Crippen LogP contribution in [0.4, 0.5) is 4.39 Å². The Morgan fingerprint density at radius 3 is 2.43 bits per heavy atom. The SMILES string of the molecule is Cc1cc2c(n1-c1ccc(Cl)cc1)CC(C)(C)C/C2=N\OC(=O)c1ccc(F)cc1. The average molecular weight is 425 g/mol. The fourth-order valence-corrected chi connectivity index (χ4v) is 4.07. The van der Waals surface area contributed by atoms with Crippen LogP contribution in [-0.2, 0) is 11.3 Å². The first-order valence-electron chi connectivity index (χ1n) is 9.75. The lowest BCUT2D eigenvalue weighted by Gasteiger charge is -2.31. The molecule has 1 aliphatic carbocycles. The number of benzene rings is 2.